The molecule has 2 aromatic heterocycles. The molecule has 78 valence electrons. The molecule has 0 saturated heterocycles. The molecular weight excluding hydrogens is 194 g/mol. The number of methoxy groups -OCH3 is 1. The third kappa shape index (κ3) is 1.52. The summed E-state index contributed by atoms with van der Waals surface area (Å²) in [4.78, 5) is 3.96. The van der Waals surface area contributed by atoms with Crippen LogP contribution in [0.2, 0.25) is 0 Å². The van der Waals surface area contributed by atoms with Crippen LogP contribution < -0.4 is 10.5 Å². The maximum atomic E-state index is 5.58. The second-order valence-electron chi connectivity index (χ2n) is 3.10. The average Bonchev–Trinajstić information content (AvgIpc) is 2.60. The summed E-state index contributed by atoms with van der Waals surface area (Å²) >= 11 is 0. The van der Waals surface area contributed by atoms with Crippen molar-refractivity contribution in [2.45, 2.75) is 6.92 Å². The molecule has 2 aromatic rings. The van der Waals surface area contributed by atoms with Crippen LogP contribution in [0, 0.1) is 6.92 Å². The second kappa shape index (κ2) is 3.61. The van der Waals surface area contributed by atoms with E-state index < -0.39 is 0 Å². The van der Waals surface area contributed by atoms with Gasteiger partial charge in [0, 0.05) is 17.3 Å². The van der Waals surface area contributed by atoms with Gasteiger partial charge in [0.15, 0.2) is 0 Å². The minimum atomic E-state index is 0.323. The van der Waals surface area contributed by atoms with Gasteiger partial charge in [-0.15, -0.1) is 0 Å². The van der Waals surface area contributed by atoms with Crippen LogP contribution in [-0.2, 0) is 0 Å². The molecule has 0 unspecified atom stereocenters. The van der Waals surface area contributed by atoms with Crippen molar-refractivity contribution >= 4 is 5.88 Å². The van der Waals surface area contributed by atoms with Crippen molar-refractivity contribution < 1.29 is 9.26 Å². The van der Waals surface area contributed by atoms with Crippen molar-refractivity contribution in [3.05, 3.63) is 24.0 Å². The number of hydrogen-bond acceptors (Lipinski definition) is 5. The summed E-state index contributed by atoms with van der Waals surface area (Å²) in [5.41, 5.74) is 7.90. The molecule has 0 amide bonds. The number of ether oxygens (including phenoxy) is 1. The zero-order chi connectivity index (χ0) is 10.8. The highest BCUT2D eigenvalue weighted by molar-refractivity contribution is 5.71. The lowest BCUT2D eigenvalue weighted by atomic mass is 10.1. The number of rotatable bonds is 2. The third-order valence-corrected chi connectivity index (χ3v) is 2.22. The van der Waals surface area contributed by atoms with E-state index in [0.29, 0.717) is 17.3 Å². The molecule has 0 aromatic carbocycles. The molecule has 0 aliphatic rings. The van der Waals surface area contributed by atoms with Crippen molar-refractivity contribution in [1.29, 1.82) is 0 Å². The summed E-state index contributed by atoms with van der Waals surface area (Å²) in [6.45, 7) is 1.85. The standard InChI is InChI=1S/C10H11N3O2/c1-6-9(13-15-10(6)11)7-3-4-12-5-8(7)14-2/h3-5H,11H2,1-2H3. The van der Waals surface area contributed by atoms with Gasteiger partial charge >= 0.3 is 0 Å². The first kappa shape index (κ1) is 9.51. The molecule has 0 atom stereocenters. The molecule has 15 heavy (non-hydrogen) atoms. The quantitative estimate of drug-likeness (QED) is 0.806. The normalized spacial score (nSPS) is 10.3. The van der Waals surface area contributed by atoms with E-state index >= 15 is 0 Å². The molecule has 0 aliphatic carbocycles. The maximum absolute atomic E-state index is 5.58. The Morgan fingerprint density at radius 3 is 2.87 bits per heavy atom. The van der Waals surface area contributed by atoms with Gasteiger partial charge in [-0.1, -0.05) is 5.16 Å². The zero-order valence-electron chi connectivity index (χ0n) is 8.52. The van der Waals surface area contributed by atoms with Crippen LogP contribution >= 0.6 is 0 Å². The first-order chi connectivity index (χ1) is 7.24. The van der Waals surface area contributed by atoms with Crippen LogP contribution in [0.15, 0.2) is 23.0 Å². The van der Waals surface area contributed by atoms with Gasteiger partial charge in [0.2, 0.25) is 5.88 Å². The largest absolute Gasteiger partial charge is 0.494 e. The summed E-state index contributed by atoms with van der Waals surface area (Å²) in [7, 11) is 1.58. The Morgan fingerprint density at radius 1 is 1.47 bits per heavy atom. The zero-order valence-corrected chi connectivity index (χ0v) is 8.52. The molecule has 0 fully saturated rings. The Morgan fingerprint density at radius 2 is 2.27 bits per heavy atom. The topological polar surface area (TPSA) is 74.2 Å². The van der Waals surface area contributed by atoms with Gasteiger partial charge in [-0.2, -0.15) is 0 Å². The van der Waals surface area contributed by atoms with E-state index in [-0.39, 0.29) is 0 Å². The van der Waals surface area contributed by atoms with E-state index in [1.54, 1.807) is 19.5 Å². The van der Waals surface area contributed by atoms with E-state index in [2.05, 4.69) is 10.1 Å². The molecule has 0 radical (unpaired) electrons. The first-order valence-corrected chi connectivity index (χ1v) is 4.44. The molecule has 2 rings (SSSR count). The van der Waals surface area contributed by atoms with Crippen LogP contribution in [0.4, 0.5) is 5.88 Å². The molecule has 5 nitrogen and oxygen atoms in total. The lowest BCUT2D eigenvalue weighted by molar-refractivity contribution is 0.412. The van der Waals surface area contributed by atoms with E-state index in [9.17, 15) is 0 Å². The number of aromatic nitrogens is 2. The van der Waals surface area contributed by atoms with Crippen molar-refractivity contribution in [1.82, 2.24) is 10.1 Å². The fraction of sp³-hybridized carbons (Fsp3) is 0.200. The summed E-state index contributed by atoms with van der Waals surface area (Å²) in [5.74, 6) is 0.970. The third-order valence-electron chi connectivity index (χ3n) is 2.22. The monoisotopic (exact) mass is 205 g/mol. The lowest BCUT2D eigenvalue weighted by Crippen LogP contribution is -1.90. The van der Waals surface area contributed by atoms with Crippen molar-refractivity contribution in [2.24, 2.45) is 0 Å². The maximum Gasteiger partial charge on any atom is 0.225 e. The van der Waals surface area contributed by atoms with Gasteiger partial charge in [0.25, 0.3) is 0 Å². The van der Waals surface area contributed by atoms with Gasteiger partial charge < -0.3 is 15.0 Å². The van der Waals surface area contributed by atoms with E-state index in [1.165, 1.54) is 0 Å². The Balaban J connectivity index is 2.58. The van der Waals surface area contributed by atoms with Crippen molar-refractivity contribution in [3.8, 4) is 17.0 Å². The molecule has 5 heteroatoms. The van der Waals surface area contributed by atoms with Gasteiger partial charge in [-0.3, -0.25) is 4.98 Å². The molecule has 2 N–H and O–H groups in total. The molecule has 2 heterocycles. The molecular formula is C10H11N3O2. The average molecular weight is 205 g/mol. The van der Waals surface area contributed by atoms with Crippen LogP contribution in [0.3, 0.4) is 0 Å². The highest BCUT2D eigenvalue weighted by Gasteiger charge is 2.14. The number of pyridine rings is 1. The summed E-state index contributed by atoms with van der Waals surface area (Å²) < 4.78 is 10.1. The van der Waals surface area contributed by atoms with Crippen LogP contribution in [0.25, 0.3) is 11.3 Å². The van der Waals surface area contributed by atoms with Crippen LogP contribution in [0.5, 0.6) is 5.75 Å². The summed E-state index contributed by atoms with van der Waals surface area (Å²) in [6.07, 6.45) is 3.29. The highest BCUT2D eigenvalue weighted by atomic mass is 16.5. The SMILES string of the molecule is COc1cnccc1-c1noc(N)c1C. The number of hydrogen-bond donors (Lipinski definition) is 1. The predicted octanol–water partition coefficient (Wildman–Crippen LogP) is 1.64. The highest BCUT2D eigenvalue weighted by Crippen LogP contribution is 2.32. The lowest BCUT2D eigenvalue weighted by Gasteiger charge is -2.04. The molecule has 0 saturated carbocycles. The minimum Gasteiger partial charge on any atom is -0.494 e. The number of anilines is 1. The first-order valence-electron chi connectivity index (χ1n) is 4.44. The summed E-state index contributed by atoms with van der Waals surface area (Å²) in [6, 6.07) is 1.81. The van der Waals surface area contributed by atoms with Gasteiger partial charge in [-0.05, 0) is 13.0 Å². The van der Waals surface area contributed by atoms with Gasteiger partial charge in [-0.25, -0.2) is 0 Å². The minimum absolute atomic E-state index is 0.323. The van der Waals surface area contributed by atoms with Gasteiger partial charge in [0.1, 0.15) is 11.4 Å². The Labute approximate surface area is 86.9 Å². The fourth-order valence-electron chi connectivity index (χ4n) is 1.34. The second-order valence-corrected chi connectivity index (χ2v) is 3.10. The smallest absolute Gasteiger partial charge is 0.225 e. The fourth-order valence-corrected chi connectivity index (χ4v) is 1.34. The van der Waals surface area contributed by atoms with E-state index in [1.807, 2.05) is 13.0 Å². The Bertz CT molecular complexity index is 479. The van der Waals surface area contributed by atoms with Crippen LogP contribution in [-0.4, -0.2) is 17.3 Å². The molecule has 0 aliphatic heterocycles. The van der Waals surface area contributed by atoms with Crippen molar-refractivity contribution in [3.63, 3.8) is 0 Å². The Kier molecular flexibility index (Phi) is 2.29. The molecule has 0 bridgehead atoms. The number of nitrogen functional groups attached to an aromatic ring is 1. The predicted molar refractivity (Wildman–Crippen MR) is 55.4 cm³/mol. The number of nitrogens with zero attached hydrogens (tertiary/aromatic N) is 2. The Hall–Kier alpha value is -2.04. The van der Waals surface area contributed by atoms with E-state index in [4.69, 9.17) is 15.0 Å². The summed E-state index contributed by atoms with van der Waals surface area (Å²) in [5, 5.41) is 3.89. The molecule has 0 spiro atoms. The van der Waals surface area contributed by atoms with Gasteiger partial charge in [0.05, 0.1) is 13.3 Å². The van der Waals surface area contributed by atoms with E-state index in [0.717, 1.165) is 11.1 Å². The van der Waals surface area contributed by atoms with Crippen LogP contribution in [0.1, 0.15) is 5.56 Å². The van der Waals surface area contributed by atoms with Crippen molar-refractivity contribution in [2.75, 3.05) is 12.8 Å². The number of nitrogens with two attached hydrogens (primary N) is 1.